The molecule has 3 aromatic rings. The average molecular weight is 360 g/mol. The van der Waals surface area contributed by atoms with E-state index in [1.165, 1.54) is 16.6 Å². The van der Waals surface area contributed by atoms with Gasteiger partial charge in [0.15, 0.2) is 0 Å². The fraction of sp³-hybridized carbons (Fsp3) is 0.273. The van der Waals surface area contributed by atoms with Crippen molar-refractivity contribution in [3.63, 3.8) is 0 Å². The van der Waals surface area contributed by atoms with Crippen molar-refractivity contribution in [2.24, 2.45) is 0 Å². The minimum atomic E-state index is 0.0143. The number of nitrogens with one attached hydrogen (secondary N) is 2. The summed E-state index contributed by atoms with van der Waals surface area (Å²) in [6, 6.07) is 10.4. The summed E-state index contributed by atoms with van der Waals surface area (Å²) in [5.41, 5.74) is 6.85. The molecule has 1 aliphatic heterocycles. The maximum Gasteiger partial charge on any atom is 0.317 e. The van der Waals surface area contributed by atoms with E-state index in [2.05, 4.69) is 51.7 Å². The second-order valence-electron chi connectivity index (χ2n) is 6.93. The zero-order chi connectivity index (χ0) is 18.8. The van der Waals surface area contributed by atoms with Crippen molar-refractivity contribution in [3.05, 3.63) is 64.6 Å². The van der Waals surface area contributed by atoms with Gasteiger partial charge in [0.2, 0.25) is 0 Å². The van der Waals surface area contributed by atoms with E-state index in [-0.39, 0.29) is 6.03 Å². The Morgan fingerprint density at radius 1 is 1.30 bits per heavy atom. The summed E-state index contributed by atoms with van der Waals surface area (Å²) in [5.74, 6) is 0. The van der Waals surface area contributed by atoms with Crippen LogP contribution in [0.3, 0.4) is 0 Å². The van der Waals surface area contributed by atoms with Gasteiger partial charge in [-0.25, -0.2) is 4.79 Å². The molecule has 2 aromatic heterocycles. The Morgan fingerprint density at radius 3 is 2.96 bits per heavy atom. The maximum absolute atomic E-state index is 12.2. The van der Waals surface area contributed by atoms with E-state index in [1.54, 1.807) is 0 Å². The van der Waals surface area contributed by atoms with E-state index in [0.29, 0.717) is 13.1 Å². The van der Waals surface area contributed by atoms with Crippen LogP contribution in [0.4, 0.5) is 4.79 Å². The van der Waals surface area contributed by atoms with Crippen LogP contribution in [0.2, 0.25) is 0 Å². The number of fused-ring (bicyclic) bond motifs is 3. The van der Waals surface area contributed by atoms with E-state index in [0.717, 1.165) is 35.3 Å². The predicted octanol–water partition coefficient (Wildman–Crippen LogP) is 4.13. The Balaban J connectivity index is 1.65. The predicted molar refractivity (Wildman–Crippen MR) is 109 cm³/mol. The van der Waals surface area contributed by atoms with Crippen molar-refractivity contribution in [1.82, 2.24) is 20.2 Å². The smallest absolute Gasteiger partial charge is 0.317 e. The number of amides is 2. The molecule has 27 heavy (non-hydrogen) atoms. The number of aryl methyl sites for hydroxylation is 1. The Morgan fingerprint density at radius 2 is 2.19 bits per heavy atom. The van der Waals surface area contributed by atoms with Gasteiger partial charge in [0, 0.05) is 54.6 Å². The van der Waals surface area contributed by atoms with Crippen LogP contribution in [0.5, 0.6) is 0 Å². The van der Waals surface area contributed by atoms with Gasteiger partial charge in [0.05, 0.1) is 5.52 Å². The molecule has 0 aliphatic carbocycles. The number of H-pyrrole nitrogens is 1. The van der Waals surface area contributed by atoms with E-state index in [9.17, 15) is 4.79 Å². The third-order valence-corrected chi connectivity index (χ3v) is 5.05. The van der Waals surface area contributed by atoms with Crippen molar-refractivity contribution >= 4 is 29.1 Å². The molecular formula is C22H24N4O. The molecule has 1 aromatic carbocycles. The van der Waals surface area contributed by atoms with Crippen molar-refractivity contribution in [3.8, 4) is 0 Å². The Bertz CT molecular complexity index is 1000. The molecule has 5 heteroatoms. The summed E-state index contributed by atoms with van der Waals surface area (Å²) in [6.07, 6.45) is 6.95. The summed E-state index contributed by atoms with van der Waals surface area (Å²) in [4.78, 5) is 22.0. The first-order valence-electron chi connectivity index (χ1n) is 9.41. The number of urea groups is 1. The minimum Gasteiger partial charge on any atom is -0.358 e. The summed E-state index contributed by atoms with van der Waals surface area (Å²) >= 11 is 0. The highest BCUT2D eigenvalue weighted by Crippen LogP contribution is 2.30. The highest BCUT2D eigenvalue weighted by molar-refractivity contribution is 5.94. The first kappa shape index (κ1) is 17.3. The molecule has 2 N–H and O–H groups in total. The zero-order valence-electron chi connectivity index (χ0n) is 15.7. The number of pyridine rings is 1. The number of nitrogens with zero attached hydrogens (tertiary/aromatic N) is 2. The molecule has 0 fully saturated rings. The molecule has 4 rings (SSSR count). The Kier molecular flexibility index (Phi) is 4.67. The fourth-order valence-electron chi connectivity index (χ4n) is 3.60. The third-order valence-electron chi connectivity index (χ3n) is 5.05. The number of aromatic nitrogens is 2. The second kappa shape index (κ2) is 7.27. The maximum atomic E-state index is 12.2. The monoisotopic (exact) mass is 360 g/mol. The average Bonchev–Trinajstić information content (AvgIpc) is 3.06. The highest BCUT2D eigenvalue weighted by Gasteiger charge is 2.24. The van der Waals surface area contributed by atoms with Crippen LogP contribution in [0, 0.1) is 6.92 Å². The van der Waals surface area contributed by atoms with E-state index >= 15 is 0 Å². The van der Waals surface area contributed by atoms with Crippen molar-refractivity contribution in [2.75, 3.05) is 13.1 Å². The zero-order valence-corrected chi connectivity index (χ0v) is 15.7. The van der Waals surface area contributed by atoms with Gasteiger partial charge in [0.25, 0.3) is 0 Å². The molecule has 5 nitrogen and oxygen atoms in total. The summed E-state index contributed by atoms with van der Waals surface area (Å²) < 4.78 is 0. The third kappa shape index (κ3) is 3.45. The van der Waals surface area contributed by atoms with Crippen LogP contribution in [0.1, 0.15) is 35.0 Å². The standard InChI is InChI=1S/C22H24N4O/c1-3-23-22(27)26-12-11-20-19(14-26)18-6-4-5-17(21(18)25-20)10-9-16-8-7-15(2)24-13-16/h4-10,13,25H,3,11-12,14H2,1-2H3,(H,23,27). The van der Waals surface area contributed by atoms with Gasteiger partial charge in [-0.15, -0.1) is 0 Å². The molecule has 3 heterocycles. The molecule has 0 atom stereocenters. The summed E-state index contributed by atoms with van der Waals surface area (Å²) in [7, 11) is 0. The number of carbonyl (C=O) groups is 1. The van der Waals surface area contributed by atoms with E-state index in [1.807, 2.05) is 31.0 Å². The largest absolute Gasteiger partial charge is 0.358 e. The van der Waals surface area contributed by atoms with Crippen molar-refractivity contribution in [1.29, 1.82) is 0 Å². The van der Waals surface area contributed by atoms with Crippen LogP contribution >= 0.6 is 0 Å². The number of aromatic amines is 1. The van der Waals surface area contributed by atoms with E-state index < -0.39 is 0 Å². The molecule has 0 saturated heterocycles. The number of hydrogen-bond acceptors (Lipinski definition) is 2. The first-order valence-corrected chi connectivity index (χ1v) is 9.41. The van der Waals surface area contributed by atoms with Crippen molar-refractivity contribution in [2.45, 2.75) is 26.8 Å². The van der Waals surface area contributed by atoms with Crippen LogP contribution in [0.25, 0.3) is 23.1 Å². The topological polar surface area (TPSA) is 61.0 Å². The van der Waals surface area contributed by atoms with Crippen LogP contribution < -0.4 is 5.32 Å². The van der Waals surface area contributed by atoms with Gasteiger partial charge in [0.1, 0.15) is 0 Å². The SMILES string of the molecule is CCNC(=O)N1CCc2[nH]c3c(C=Cc4ccc(C)nc4)cccc3c2C1. The molecule has 0 unspecified atom stereocenters. The molecular weight excluding hydrogens is 336 g/mol. The number of carbonyl (C=O) groups excluding carboxylic acids is 1. The molecule has 0 spiro atoms. The number of rotatable bonds is 3. The summed E-state index contributed by atoms with van der Waals surface area (Å²) in [5, 5.41) is 4.10. The second-order valence-corrected chi connectivity index (χ2v) is 6.93. The van der Waals surface area contributed by atoms with Crippen LogP contribution in [-0.4, -0.2) is 34.0 Å². The molecule has 0 saturated carbocycles. The quantitative estimate of drug-likeness (QED) is 0.738. The van der Waals surface area contributed by atoms with Crippen LogP contribution in [0.15, 0.2) is 36.5 Å². The highest BCUT2D eigenvalue weighted by atomic mass is 16.2. The Labute approximate surface area is 159 Å². The number of benzene rings is 1. The number of para-hydroxylation sites is 1. The van der Waals surface area contributed by atoms with Gasteiger partial charge in [-0.3, -0.25) is 4.98 Å². The van der Waals surface area contributed by atoms with Gasteiger partial charge in [-0.1, -0.05) is 36.4 Å². The lowest BCUT2D eigenvalue weighted by molar-refractivity contribution is 0.193. The number of hydrogen-bond donors (Lipinski definition) is 2. The fourth-order valence-corrected chi connectivity index (χ4v) is 3.60. The minimum absolute atomic E-state index is 0.0143. The Hall–Kier alpha value is -3.08. The molecule has 138 valence electrons. The lowest BCUT2D eigenvalue weighted by Crippen LogP contribution is -2.42. The molecule has 1 aliphatic rings. The summed E-state index contributed by atoms with van der Waals surface area (Å²) in [6.45, 7) is 5.98. The molecule has 0 radical (unpaired) electrons. The van der Waals surface area contributed by atoms with Gasteiger partial charge in [-0.2, -0.15) is 0 Å². The van der Waals surface area contributed by atoms with Gasteiger partial charge in [-0.05, 0) is 31.0 Å². The molecule has 2 amide bonds. The normalized spacial score (nSPS) is 13.9. The molecule has 0 bridgehead atoms. The lowest BCUT2D eigenvalue weighted by Gasteiger charge is -2.27. The van der Waals surface area contributed by atoms with Gasteiger partial charge >= 0.3 is 6.03 Å². The van der Waals surface area contributed by atoms with Crippen molar-refractivity contribution < 1.29 is 4.79 Å². The van der Waals surface area contributed by atoms with Crippen LogP contribution in [-0.2, 0) is 13.0 Å². The first-order chi connectivity index (χ1) is 13.2. The lowest BCUT2D eigenvalue weighted by atomic mass is 10.0. The van der Waals surface area contributed by atoms with Gasteiger partial charge < -0.3 is 15.2 Å². The van der Waals surface area contributed by atoms with E-state index in [4.69, 9.17) is 0 Å².